The van der Waals surface area contributed by atoms with Crippen LogP contribution in [0.4, 0.5) is 11.4 Å². The number of benzene rings is 5. The van der Waals surface area contributed by atoms with E-state index in [1.54, 1.807) is 72.8 Å². The van der Waals surface area contributed by atoms with Crippen LogP contribution >= 0.6 is 23.4 Å². The summed E-state index contributed by atoms with van der Waals surface area (Å²) in [6.07, 6.45) is 1.59. The van der Waals surface area contributed by atoms with Gasteiger partial charge in [-0.2, -0.15) is 0 Å². The highest BCUT2D eigenvalue weighted by atomic mass is 35.5. The molecule has 3 amide bonds. The number of carbonyl (C=O) groups is 3. The maximum absolute atomic E-state index is 13.3. The monoisotopic (exact) mass is 591 g/mol. The van der Waals surface area contributed by atoms with Crippen LogP contribution in [0.5, 0.6) is 0 Å². The first-order chi connectivity index (χ1) is 20.4. The Morgan fingerprint density at radius 2 is 1.40 bits per heavy atom. The van der Waals surface area contributed by atoms with Crippen LogP contribution in [0.3, 0.4) is 0 Å². The highest BCUT2D eigenvalue weighted by molar-refractivity contribution is 8.00. The van der Waals surface area contributed by atoms with Crippen molar-refractivity contribution in [2.75, 3.05) is 16.4 Å². The van der Waals surface area contributed by atoms with Gasteiger partial charge in [0.2, 0.25) is 5.91 Å². The van der Waals surface area contributed by atoms with Gasteiger partial charge in [-0.3, -0.25) is 14.4 Å². The fourth-order valence-corrected chi connectivity index (χ4v) is 5.02. The lowest BCUT2D eigenvalue weighted by Crippen LogP contribution is -2.30. The number of thioether (sulfide) groups is 1. The second kappa shape index (κ2) is 13.7. The maximum atomic E-state index is 13.3. The molecule has 0 unspecified atom stereocenters. The molecule has 8 heteroatoms. The molecule has 5 rings (SSSR count). The molecular weight excluding hydrogens is 566 g/mol. The van der Waals surface area contributed by atoms with E-state index in [1.807, 2.05) is 54.6 Å². The largest absolute Gasteiger partial charge is 0.325 e. The zero-order chi connectivity index (χ0) is 29.3. The van der Waals surface area contributed by atoms with E-state index in [4.69, 9.17) is 11.6 Å². The third kappa shape index (κ3) is 7.87. The zero-order valence-corrected chi connectivity index (χ0v) is 23.9. The number of carbonyl (C=O) groups excluding carboxylic acids is 3. The topological polar surface area (TPSA) is 87.3 Å². The van der Waals surface area contributed by atoms with E-state index in [9.17, 15) is 14.4 Å². The number of halogens is 1. The first kappa shape index (κ1) is 28.7. The highest BCUT2D eigenvalue weighted by Gasteiger charge is 2.15. The summed E-state index contributed by atoms with van der Waals surface area (Å²) < 4.78 is 0. The van der Waals surface area contributed by atoms with Crippen molar-refractivity contribution in [1.82, 2.24) is 5.32 Å². The Balaban J connectivity index is 1.25. The van der Waals surface area contributed by atoms with E-state index >= 15 is 0 Å². The van der Waals surface area contributed by atoms with Crippen LogP contribution < -0.4 is 16.0 Å². The van der Waals surface area contributed by atoms with Crippen LogP contribution in [0.1, 0.15) is 15.9 Å². The molecule has 0 aliphatic carbocycles. The first-order valence-electron chi connectivity index (χ1n) is 13.1. The summed E-state index contributed by atoms with van der Waals surface area (Å²) in [6, 6.07) is 36.5. The summed E-state index contributed by atoms with van der Waals surface area (Å²) in [7, 11) is 0. The smallest absolute Gasteiger partial charge is 0.272 e. The zero-order valence-electron chi connectivity index (χ0n) is 22.3. The number of hydrogen-bond acceptors (Lipinski definition) is 4. The minimum atomic E-state index is -0.495. The molecule has 0 heterocycles. The van der Waals surface area contributed by atoms with Crippen LogP contribution in [0, 0.1) is 0 Å². The second-order valence-corrected chi connectivity index (χ2v) is 10.8. The molecule has 0 bridgehead atoms. The average Bonchev–Trinajstić information content (AvgIpc) is 3.01. The quantitative estimate of drug-likeness (QED) is 0.121. The lowest BCUT2D eigenvalue weighted by atomic mass is 10.1. The van der Waals surface area contributed by atoms with Gasteiger partial charge in [-0.1, -0.05) is 78.3 Å². The molecule has 5 aromatic rings. The van der Waals surface area contributed by atoms with Crippen LogP contribution in [0.2, 0.25) is 5.02 Å². The van der Waals surface area contributed by atoms with Gasteiger partial charge in [0.05, 0.1) is 5.75 Å². The predicted octanol–water partition coefficient (Wildman–Crippen LogP) is 7.63. The lowest BCUT2D eigenvalue weighted by Gasteiger charge is -2.12. The third-order valence-electron chi connectivity index (χ3n) is 6.20. The van der Waals surface area contributed by atoms with Crippen molar-refractivity contribution in [2.45, 2.75) is 4.90 Å². The van der Waals surface area contributed by atoms with Crippen LogP contribution in [0.25, 0.3) is 16.8 Å². The minimum absolute atomic E-state index is 0.0685. The van der Waals surface area contributed by atoms with Crippen molar-refractivity contribution >= 4 is 69.3 Å². The van der Waals surface area contributed by atoms with Gasteiger partial charge >= 0.3 is 0 Å². The summed E-state index contributed by atoms with van der Waals surface area (Å²) in [5.74, 6) is -0.848. The van der Waals surface area contributed by atoms with Gasteiger partial charge in [-0.15, -0.1) is 11.8 Å². The van der Waals surface area contributed by atoms with Crippen molar-refractivity contribution in [3.63, 3.8) is 0 Å². The predicted molar refractivity (Wildman–Crippen MR) is 172 cm³/mol. The summed E-state index contributed by atoms with van der Waals surface area (Å²) in [4.78, 5) is 39.6. The fraction of sp³-hybridized carbons (Fsp3) is 0.0294. The molecule has 0 radical (unpaired) electrons. The number of rotatable bonds is 9. The van der Waals surface area contributed by atoms with Gasteiger partial charge in [0.25, 0.3) is 11.8 Å². The Kier molecular flexibility index (Phi) is 9.33. The van der Waals surface area contributed by atoms with E-state index in [0.29, 0.717) is 21.8 Å². The Labute approximate surface area is 252 Å². The molecule has 0 aromatic heterocycles. The molecule has 208 valence electrons. The molecule has 0 spiro atoms. The van der Waals surface area contributed by atoms with E-state index in [2.05, 4.69) is 16.0 Å². The summed E-state index contributed by atoms with van der Waals surface area (Å²) in [5, 5.41) is 11.2. The highest BCUT2D eigenvalue weighted by Crippen LogP contribution is 2.24. The summed E-state index contributed by atoms with van der Waals surface area (Å²) in [5.41, 5.74) is 2.44. The molecule has 0 aliphatic rings. The number of anilines is 2. The van der Waals surface area contributed by atoms with Gasteiger partial charge < -0.3 is 16.0 Å². The molecule has 3 N–H and O–H groups in total. The number of amides is 3. The summed E-state index contributed by atoms with van der Waals surface area (Å²) in [6.45, 7) is 0. The molecule has 42 heavy (non-hydrogen) atoms. The van der Waals surface area contributed by atoms with Gasteiger partial charge in [-0.25, -0.2) is 0 Å². The van der Waals surface area contributed by atoms with Crippen LogP contribution in [0.15, 0.2) is 132 Å². The molecular formula is C34H26ClN3O3S. The normalized spacial score (nSPS) is 11.1. The second-order valence-electron chi connectivity index (χ2n) is 9.31. The standard InChI is InChI=1S/C34H26ClN3O3S/c35-27-16-13-23(14-17-27)19-31(38-33(40)25-8-2-1-3-9-25)34(41)37-28-11-6-12-30(21-28)42-22-32(39)36-29-18-15-24-7-4-5-10-26(24)20-29/h1-21H,22H2,(H,36,39)(H,37,41)(H,38,40)/b31-19-. The molecule has 0 saturated heterocycles. The van der Waals surface area contributed by atoms with Crippen molar-refractivity contribution in [3.05, 3.63) is 143 Å². The number of nitrogens with one attached hydrogen (secondary N) is 3. The van der Waals surface area contributed by atoms with Gasteiger partial charge in [-0.05, 0) is 77.0 Å². The van der Waals surface area contributed by atoms with Gasteiger partial charge in [0, 0.05) is 26.9 Å². The lowest BCUT2D eigenvalue weighted by molar-refractivity contribution is -0.114. The molecule has 0 fully saturated rings. The number of fused-ring (bicyclic) bond motifs is 1. The molecule has 0 aliphatic heterocycles. The SMILES string of the molecule is O=C(CSc1cccc(NC(=O)/C(=C/c2ccc(Cl)cc2)NC(=O)c2ccccc2)c1)Nc1ccc2ccccc2c1. The Bertz CT molecular complexity index is 1770. The fourth-order valence-electron chi connectivity index (χ4n) is 4.14. The van der Waals surface area contributed by atoms with E-state index < -0.39 is 11.8 Å². The van der Waals surface area contributed by atoms with Crippen molar-refractivity contribution in [2.24, 2.45) is 0 Å². The molecule has 0 atom stereocenters. The van der Waals surface area contributed by atoms with Crippen molar-refractivity contribution in [3.8, 4) is 0 Å². The third-order valence-corrected chi connectivity index (χ3v) is 7.45. The van der Waals surface area contributed by atoms with Crippen molar-refractivity contribution in [1.29, 1.82) is 0 Å². The van der Waals surface area contributed by atoms with Crippen LogP contribution in [-0.4, -0.2) is 23.5 Å². The summed E-state index contributed by atoms with van der Waals surface area (Å²) >= 11 is 7.36. The van der Waals surface area contributed by atoms with Crippen molar-refractivity contribution < 1.29 is 14.4 Å². The average molecular weight is 592 g/mol. The molecule has 5 aromatic carbocycles. The van der Waals surface area contributed by atoms with Crippen LogP contribution in [-0.2, 0) is 9.59 Å². The van der Waals surface area contributed by atoms with E-state index in [-0.39, 0.29) is 17.4 Å². The molecule has 6 nitrogen and oxygen atoms in total. The number of hydrogen-bond donors (Lipinski definition) is 3. The van der Waals surface area contributed by atoms with Gasteiger partial charge in [0.1, 0.15) is 5.70 Å². The first-order valence-corrected chi connectivity index (χ1v) is 14.5. The van der Waals surface area contributed by atoms with E-state index in [0.717, 1.165) is 21.4 Å². The minimum Gasteiger partial charge on any atom is -0.325 e. The maximum Gasteiger partial charge on any atom is 0.272 e. The van der Waals surface area contributed by atoms with E-state index in [1.165, 1.54) is 11.8 Å². The molecule has 0 saturated carbocycles. The van der Waals surface area contributed by atoms with Gasteiger partial charge in [0.15, 0.2) is 0 Å². The Hall–Kier alpha value is -4.85. The Morgan fingerprint density at radius 1 is 0.690 bits per heavy atom. The Morgan fingerprint density at radius 3 is 2.19 bits per heavy atom.